The van der Waals surface area contributed by atoms with Gasteiger partial charge in [0.25, 0.3) is 0 Å². The number of rotatable bonds is 3. The van der Waals surface area contributed by atoms with Crippen molar-refractivity contribution in [1.29, 1.82) is 0 Å². The molecule has 1 aliphatic carbocycles. The Balaban J connectivity index is 1.68. The summed E-state index contributed by atoms with van der Waals surface area (Å²) in [5.74, 6) is 0.557. The number of esters is 1. The molecule has 1 aromatic heterocycles. The van der Waals surface area contributed by atoms with Crippen LogP contribution in [0.4, 0.5) is 5.69 Å². The molecule has 0 amide bonds. The highest BCUT2D eigenvalue weighted by atomic mass is 16.6. The Bertz CT molecular complexity index is 1260. The average molecular weight is 414 g/mol. The molecule has 1 atom stereocenters. The standard InChI is InChI=1S/C25H22N2O4/c1-14(28)31-21-11-8-15(13-22(21)30-2)25-24-17(5-3-7-20(24)29)23-16-6-4-12-26-18(16)9-10-19(23)27-25/h4,6,8-13,25,27H,3,5,7H2,1-2H3. The van der Waals surface area contributed by atoms with E-state index in [1.54, 1.807) is 12.3 Å². The third-order valence-corrected chi connectivity index (χ3v) is 5.91. The smallest absolute Gasteiger partial charge is 0.308 e. The first-order chi connectivity index (χ1) is 15.1. The molecule has 0 bridgehead atoms. The van der Waals surface area contributed by atoms with Crippen LogP contribution in [0.1, 0.15) is 43.4 Å². The maximum atomic E-state index is 13.1. The number of benzene rings is 2. The number of nitrogens with zero attached hydrogens (tertiary/aromatic N) is 1. The quantitative estimate of drug-likeness (QED) is 0.488. The molecule has 0 fully saturated rings. The molecule has 1 N–H and O–H groups in total. The summed E-state index contributed by atoms with van der Waals surface area (Å²) in [6.07, 6.45) is 4.02. The van der Waals surface area contributed by atoms with Crippen molar-refractivity contribution in [1.82, 2.24) is 4.98 Å². The van der Waals surface area contributed by atoms with E-state index in [0.717, 1.165) is 51.7 Å². The van der Waals surface area contributed by atoms with Crippen LogP contribution in [0.5, 0.6) is 11.5 Å². The zero-order valence-electron chi connectivity index (χ0n) is 17.4. The number of anilines is 1. The third kappa shape index (κ3) is 3.24. The lowest BCUT2D eigenvalue weighted by atomic mass is 9.77. The topological polar surface area (TPSA) is 77.5 Å². The Morgan fingerprint density at radius 3 is 2.81 bits per heavy atom. The molecule has 6 heteroatoms. The molecule has 0 saturated carbocycles. The van der Waals surface area contributed by atoms with E-state index >= 15 is 0 Å². The van der Waals surface area contributed by atoms with Crippen LogP contribution in [0.15, 0.2) is 54.2 Å². The summed E-state index contributed by atoms with van der Waals surface area (Å²) in [4.78, 5) is 29.0. The second-order valence-corrected chi connectivity index (χ2v) is 7.81. The molecule has 2 aromatic carbocycles. The van der Waals surface area contributed by atoms with Gasteiger partial charge in [-0.2, -0.15) is 0 Å². The minimum Gasteiger partial charge on any atom is -0.493 e. The van der Waals surface area contributed by atoms with E-state index in [0.29, 0.717) is 17.9 Å². The van der Waals surface area contributed by atoms with Gasteiger partial charge in [-0.15, -0.1) is 0 Å². The van der Waals surface area contributed by atoms with Crippen LogP contribution in [0.3, 0.4) is 0 Å². The summed E-state index contributed by atoms with van der Waals surface area (Å²) in [6, 6.07) is 13.1. The first-order valence-corrected chi connectivity index (χ1v) is 10.3. The summed E-state index contributed by atoms with van der Waals surface area (Å²) in [5.41, 5.74) is 5.76. The highest BCUT2D eigenvalue weighted by Crippen LogP contribution is 2.48. The Kier molecular flexibility index (Phi) is 4.70. The molecule has 1 aliphatic heterocycles. The molecular formula is C25H22N2O4. The van der Waals surface area contributed by atoms with Crippen molar-refractivity contribution in [3.05, 3.63) is 65.4 Å². The van der Waals surface area contributed by atoms with Crippen molar-refractivity contribution < 1.29 is 19.1 Å². The van der Waals surface area contributed by atoms with Gasteiger partial charge in [0.2, 0.25) is 0 Å². The maximum Gasteiger partial charge on any atom is 0.308 e. The van der Waals surface area contributed by atoms with Gasteiger partial charge in [0.15, 0.2) is 17.3 Å². The lowest BCUT2D eigenvalue weighted by molar-refractivity contribution is -0.132. The zero-order valence-corrected chi connectivity index (χ0v) is 17.4. The molecule has 0 radical (unpaired) electrons. The fraction of sp³-hybridized carbons (Fsp3) is 0.240. The van der Waals surface area contributed by atoms with Gasteiger partial charge in [-0.05, 0) is 54.3 Å². The van der Waals surface area contributed by atoms with Crippen LogP contribution in [0, 0.1) is 0 Å². The number of carbonyl (C=O) groups excluding carboxylic acids is 2. The number of allylic oxidation sites excluding steroid dienone is 1. The van der Waals surface area contributed by atoms with Gasteiger partial charge >= 0.3 is 5.97 Å². The third-order valence-electron chi connectivity index (χ3n) is 5.91. The van der Waals surface area contributed by atoms with E-state index in [4.69, 9.17) is 9.47 Å². The lowest BCUT2D eigenvalue weighted by Crippen LogP contribution is -2.27. The normalized spacial score (nSPS) is 17.6. The Labute approximate surface area is 179 Å². The SMILES string of the molecule is COc1cc(C2Nc3ccc4ncccc4c3C3=C2C(=O)CCC3)ccc1OC(C)=O. The van der Waals surface area contributed by atoms with Gasteiger partial charge in [-0.1, -0.05) is 12.1 Å². The largest absolute Gasteiger partial charge is 0.493 e. The fourth-order valence-corrected chi connectivity index (χ4v) is 4.64. The highest BCUT2D eigenvalue weighted by Gasteiger charge is 2.35. The molecule has 156 valence electrons. The summed E-state index contributed by atoms with van der Waals surface area (Å²) in [7, 11) is 1.53. The number of nitrogens with one attached hydrogen (secondary N) is 1. The van der Waals surface area contributed by atoms with Gasteiger partial charge in [0.1, 0.15) is 0 Å². The lowest BCUT2D eigenvalue weighted by Gasteiger charge is -2.35. The number of hydrogen-bond acceptors (Lipinski definition) is 6. The molecule has 3 aromatic rings. The van der Waals surface area contributed by atoms with Crippen LogP contribution in [-0.4, -0.2) is 23.8 Å². The van der Waals surface area contributed by atoms with E-state index < -0.39 is 5.97 Å². The van der Waals surface area contributed by atoms with Gasteiger partial charge in [0.05, 0.1) is 18.7 Å². The maximum absolute atomic E-state index is 13.1. The second kappa shape index (κ2) is 7.54. The number of fused-ring (bicyclic) bond motifs is 4. The average Bonchev–Trinajstić information content (AvgIpc) is 2.78. The number of methoxy groups -OCH3 is 1. The summed E-state index contributed by atoms with van der Waals surface area (Å²) < 4.78 is 10.7. The number of hydrogen-bond donors (Lipinski definition) is 1. The van der Waals surface area contributed by atoms with Gasteiger partial charge in [-0.25, -0.2) is 0 Å². The molecule has 6 nitrogen and oxygen atoms in total. The van der Waals surface area contributed by atoms with Crippen LogP contribution in [-0.2, 0) is 9.59 Å². The number of ether oxygens (including phenoxy) is 2. The Morgan fingerprint density at radius 2 is 2.00 bits per heavy atom. The minimum absolute atomic E-state index is 0.160. The molecular weight excluding hydrogens is 392 g/mol. The van der Waals surface area contributed by atoms with E-state index in [1.807, 2.05) is 30.3 Å². The van der Waals surface area contributed by atoms with E-state index in [-0.39, 0.29) is 11.8 Å². The molecule has 0 saturated heterocycles. The number of Topliss-reactive ketones (excluding diaryl/α,β-unsaturated/α-hetero) is 1. The summed E-state index contributed by atoms with van der Waals surface area (Å²) >= 11 is 0. The monoisotopic (exact) mass is 414 g/mol. The first kappa shape index (κ1) is 19.3. The Morgan fingerprint density at radius 1 is 1.13 bits per heavy atom. The second-order valence-electron chi connectivity index (χ2n) is 7.81. The molecule has 5 rings (SSSR count). The zero-order chi connectivity index (χ0) is 21.5. The van der Waals surface area contributed by atoms with Gasteiger partial charge in [-0.3, -0.25) is 14.6 Å². The first-order valence-electron chi connectivity index (χ1n) is 10.3. The molecule has 2 heterocycles. The molecule has 2 aliphatic rings. The van der Waals surface area contributed by atoms with E-state index in [9.17, 15) is 9.59 Å². The van der Waals surface area contributed by atoms with Crippen molar-refractivity contribution in [2.24, 2.45) is 0 Å². The molecule has 1 unspecified atom stereocenters. The molecule has 31 heavy (non-hydrogen) atoms. The van der Waals surface area contributed by atoms with Crippen molar-refractivity contribution in [3.63, 3.8) is 0 Å². The van der Waals surface area contributed by atoms with E-state index in [2.05, 4.69) is 16.4 Å². The van der Waals surface area contributed by atoms with Crippen LogP contribution < -0.4 is 14.8 Å². The van der Waals surface area contributed by atoms with E-state index in [1.165, 1.54) is 14.0 Å². The van der Waals surface area contributed by atoms with Crippen molar-refractivity contribution in [2.45, 2.75) is 32.2 Å². The summed E-state index contributed by atoms with van der Waals surface area (Å²) in [5, 5.41) is 4.63. The fourth-order valence-electron chi connectivity index (χ4n) is 4.64. The number of aromatic nitrogens is 1. The van der Waals surface area contributed by atoms with Crippen LogP contribution in [0.25, 0.3) is 16.5 Å². The van der Waals surface area contributed by atoms with Crippen LogP contribution in [0.2, 0.25) is 0 Å². The Hall–Kier alpha value is -3.67. The predicted octanol–water partition coefficient (Wildman–Crippen LogP) is 4.84. The van der Waals surface area contributed by atoms with Crippen LogP contribution >= 0.6 is 0 Å². The summed E-state index contributed by atoms with van der Waals surface area (Å²) in [6.45, 7) is 1.35. The number of carbonyl (C=O) groups is 2. The predicted molar refractivity (Wildman–Crippen MR) is 118 cm³/mol. The highest BCUT2D eigenvalue weighted by molar-refractivity contribution is 6.12. The van der Waals surface area contributed by atoms with Gasteiger partial charge in [0, 0.05) is 41.8 Å². The van der Waals surface area contributed by atoms with Gasteiger partial charge < -0.3 is 14.8 Å². The minimum atomic E-state index is -0.413. The molecule has 0 spiro atoms. The van der Waals surface area contributed by atoms with Crippen molar-refractivity contribution >= 4 is 33.9 Å². The van der Waals surface area contributed by atoms with Crippen molar-refractivity contribution in [2.75, 3.05) is 12.4 Å². The van der Waals surface area contributed by atoms with Crippen molar-refractivity contribution in [3.8, 4) is 11.5 Å². The number of pyridine rings is 1. The number of ketones is 1.